The smallest absolute Gasteiger partial charge is 0.344 e. The monoisotopic (exact) mass is 363 g/mol. The number of pyridine rings is 1. The third kappa shape index (κ3) is 4.58. The maximum atomic E-state index is 13.2. The molecular formula is C18H15ClFNO4. The van der Waals surface area contributed by atoms with Gasteiger partial charge in [0, 0.05) is 11.5 Å². The highest BCUT2D eigenvalue weighted by molar-refractivity contribution is 5.85. The Hall–Kier alpha value is -2.86. The van der Waals surface area contributed by atoms with E-state index in [0.29, 0.717) is 28.3 Å². The SMILES string of the molecule is CC(Oc1ccc(Oc2ccc3cc(F)ccc3n2)cc1)C(=O)O.Cl. The van der Waals surface area contributed by atoms with Crippen LogP contribution < -0.4 is 9.47 Å². The molecule has 1 atom stereocenters. The molecule has 3 rings (SSSR count). The molecule has 5 nitrogen and oxygen atoms in total. The van der Waals surface area contributed by atoms with E-state index in [1.165, 1.54) is 19.1 Å². The van der Waals surface area contributed by atoms with Crippen molar-refractivity contribution in [3.8, 4) is 17.4 Å². The van der Waals surface area contributed by atoms with Gasteiger partial charge >= 0.3 is 5.97 Å². The van der Waals surface area contributed by atoms with Crippen LogP contribution in [0.15, 0.2) is 54.6 Å². The average molecular weight is 364 g/mol. The molecule has 1 unspecified atom stereocenters. The first-order valence-electron chi connectivity index (χ1n) is 7.25. The van der Waals surface area contributed by atoms with Gasteiger partial charge in [-0.2, -0.15) is 0 Å². The van der Waals surface area contributed by atoms with E-state index >= 15 is 0 Å². The Labute approximate surface area is 149 Å². The maximum Gasteiger partial charge on any atom is 0.344 e. The highest BCUT2D eigenvalue weighted by Crippen LogP contribution is 2.25. The molecule has 1 N–H and O–H groups in total. The molecule has 0 aliphatic carbocycles. The second-order valence-corrected chi connectivity index (χ2v) is 5.16. The van der Waals surface area contributed by atoms with Gasteiger partial charge in [0.2, 0.25) is 5.88 Å². The molecule has 1 heterocycles. The summed E-state index contributed by atoms with van der Waals surface area (Å²) in [5, 5.41) is 9.50. The molecule has 0 bridgehead atoms. The van der Waals surface area contributed by atoms with Crippen molar-refractivity contribution in [3.05, 3.63) is 60.4 Å². The number of fused-ring (bicyclic) bond motifs is 1. The first kappa shape index (κ1) is 18.5. The number of hydrogen-bond donors (Lipinski definition) is 1. The summed E-state index contributed by atoms with van der Waals surface area (Å²) in [6.45, 7) is 1.45. The lowest BCUT2D eigenvalue weighted by Crippen LogP contribution is -2.22. The van der Waals surface area contributed by atoms with Crippen LogP contribution in [-0.2, 0) is 4.79 Å². The van der Waals surface area contributed by atoms with Crippen molar-refractivity contribution in [1.29, 1.82) is 0 Å². The Morgan fingerprint density at radius 3 is 2.44 bits per heavy atom. The van der Waals surface area contributed by atoms with Gasteiger partial charge in [-0.25, -0.2) is 14.2 Å². The summed E-state index contributed by atoms with van der Waals surface area (Å²) >= 11 is 0. The van der Waals surface area contributed by atoms with Crippen LogP contribution in [0.3, 0.4) is 0 Å². The fourth-order valence-electron chi connectivity index (χ4n) is 2.10. The first-order valence-corrected chi connectivity index (χ1v) is 7.25. The quantitative estimate of drug-likeness (QED) is 0.725. The van der Waals surface area contributed by atoms with E-state index in [-0.39, 0.29) is 18.2 Å². The number of carbonyl (C=O) groups is 1. The van der Waals surface area contributed by atoms with Gasteiger partial charge in [-0.05, 0) is 55.5 Å². The second-order valence-electron chi connectivity index (χ2n) is 5.16. The molecule has 0 saturated carbocycles. The second kappa shape index (κ2) is 7.81. The number of benzene rings is 2. The number of aliphatic carboxylic acids is 1. The number of carboxylic acid groups (broad SMARTS) is 1. The minimum Gasteiger partial charge on any atom is -0.479 e. The molecule has 0 spiro atoms. The maximum absolute atomic E-state index is 13.2. The lowest BCUT2D eigenvalue weighted by Gasteiger charge is -2.11. The van der Waals surface area contributed by atoms with Crippen molar-refractivity contribution in [2.75, 3.05) is 0 Å². The third-order valence-corrected chi connectivity index (χ3v) is 3.33. The standard InChI is InChI=1S/C18H14FNO4.ClH/c1-11(18(21)22)23-14-4-6-15(7-5-14)24-17-9-2-12-10-13(19)3-8-16(12)20-17;/h2-11H,1H3,(H,21,22);1H. The van der Waals surface area contributed by atoms with Gasteiger partial charge in [-0.3, -0.25) is 0 Å². The lowest BCUT2D eigenvalue weighted by atomic mass is 10.2. The van der Waals surface area contributed by atoms with Crippen LogP contribution >= 0.6 is 12.4 Å². The van der Waals surface area contributed by atoms with Crippen LogP contribution in [0.1, 0.15) is 6.92 Å². The number of aromatic nitrogens is 1. The number of carboxylic acids is 1. The van der Waals surface area contributed by atoms with Crippen LogP contribution in [0, 0.1) is 5.82 Å². The molecule has 25 heavy (non-hydrogen) atoms. The molecular weight excluding hydrogens is 349 g/mol. The largest absolute Gasteiger partial charge is 0.479 e. The predicted molar refractivity (Wildman–Crippen MR) is 93.2 cm³/mol. The van der Waals surface area contributed by atoms with Gasteiger partial charge in [-0.15, -0.1) is 12.4 Å². The van der Waals surface area contributed by atoms with Crippen LogP contribution in [0.5, 0.6) is 17.4 Å². The fraction of sp³-hybridized carbons (Fsp3) is 0.111. The molecule has 0 aliphatic heterocycles. The minimum atomic E-state index is -1.04. The number of rotatable bonds is 5. The molecule has 0 amide bonds. The van der Waals surface area contributed by atoms with Crippen LogP contribution in [0.4, 0.5) is 4.39 Å². The Morgan fingerprint density at radius 2 is 1.76 bits per heavy atom. The molecule has 0 radical (unpaired) electrons. The molecule has 7 heteroatoms. The zero-order chi connectivity index (χ0) is 17.1. The van der Waals surface area contributed by atoms with Crippen LogP contribution in [-0.4, -0.2) is 22.2 Å². The third-order valence-electron chi connectivity index (χ3n) is 3.33. The number of halogens is 2. The van der Waals surface area contributed by atoms with Gasteiger partial charge < -0.3 is 14.6 Å². The van der Waals surface area contributed by atoms with Crippen molar-refractivity contribution >= 4 is 29.3 Å². The zero-order valence-corrected chi connectivity index (χ0v) is 14.0. The van der Waals surface area contributed by atoms with Gasteiger partial charge in [0.1, 0.15) is 17.3 Å². The fourth-order valence-corrected chi connectivity index (χ4v) is 2.10. The normalized spacial score (nSPS) is 11.4. The number of ether oxygens (including phenoxy) is 2. The predicted octanol–water partition coefficient (Wildman–Crippen LogP) is 4.44. The van der Waals surface area contributed by atoms with Crippen molar-refractivity contribution in [2.24, 2.45) is 0 Å². The van der Waals surface area contributed by atoms with Gasteiger partial charge in [0.25, 0.3) is 0 Å². The van der Waals surface area contributed by atoms with Crippen molar-refractivity contribution in [3.63, 3.8) is 0 Å². The number of hydrogen-bond acceptors (Lipinski definition) is 4. The van der Waals surface area contributed by atoms with E-state index in [4.69, 9.17) is 14.6 Å². The number of nitrogens with zero attached hydrogens (tertiary/aromatic N) is 1. The molecule has 1 aromatic heterocycles. The summed E-state index contributed by atoms with van der Waals surface area (Å²) in [5.41, 5.74) is 0.629. The van der Waals surface area contributed by atoms with E-state index in [2.05, 4.69) is 4.98 Å². The molecule has 2 aromatic carbocycles. The van der Waals surface area contributed by atoms with E-state index in [1.807, 2.05) is 0 Å². The molecule has 0 aliphatic rings. The Morgan fingerprint density at radius 1 is 1.08 bits per heavy atom. The summed E-state index contributed by atoms with van der Waals surface area (Å²) < 4.78 is 24.0. The zero-order valence-electron chi connectivity index (χ0n) is 13.2. The van der Waals surface area contributed by atoms with Gasteiger partial charge in [-0.1, -0.05) is 0 Å². The van der Waals surface area contributed by atoms with Crippen molar-refractivity contribution in [2.45, 2.75) is 13.0 Å². The molecule has 0 fully saturated rings. The first-order chi connectivity index (χ1) is 11.5. The van der Waals surface area contributed by atoms with E-state index in [0.717, 1.165) is 0 Å². The van der Waals surface area contributed by atoms with Gasteiger partial charge in [0.15, 0.2) is 6.10 Å². The van der Waals surface area contributed by atoms with Crippen LogP contribution in [0.2, 0.25) is 0 Å². The molecule has 3 aromatic rings. The summed E-state index contributed by atoms with van der Waals surface area (Å²) in [7, 11) is 0. The summed E-state index contributed by atoms with van der Waals surface area (Å²) in [6, 6.07) is 14.3. The lowest BCUT2D eigenvalue weighted by molar-refractivity contribution is -0.144. The van der Waals surface area contributed by atoms with Crippen molar-refractivity contribution in [1.82, 2.24) is 4.98 Å². The molecule has 130 valence electrons. The Balaban J connectivity index is 0.00000225. The van der Waals surface area contributed by atoms with E-state index in [9.17, 15) is 9.18 Å². The highest BCUT2D eigenvalue weighted by Gasteiger charge is 2.12. The van der Waals surface area contributed by atoms with E-state index < -0.39 is 12.1 Å². The van der Waals surface area contributed by atoms with Crippen LogP contribution in [0.25, 0.3) is 10.9 Å². The minimum absolute atomic E-state index is 0. The summed E-state index contributed by atoms with van der Waals surface area (Å²) in [5.74, 6) is -0.0172. The Bertz CT molecular complexity index is 886. The van der Waals surface area contributed by atoms with Crippen molar-refractivity contribution < 1.29 is 23.8 Å². The summed E-state index contributed by atoms with van der Waals surface area (Å²) in [4.78, 5) is 15.1. The van der Waals surface area contributed by atoms with E-state index in [1.54, 1.807) is 42.5 Å². The average Bonchev–Trinajstić information content (AvgIpc) is 2.56. The highest BCUT2D eigenvalue weighted by atomic mass is 35.5. The summed E-state index contributed by atoms with van der Waals surface area (Å²) in [6.07, 6.45) is -0.931. The Kier molecular flexibility index (Phi) is 5.77. The topological polar surface area (TPSA) is 68.7 Å². The molecule has 0 saturated heterocycles. The van der Waals surface area contributed by atoms with Gasteiger partial charge in [0.05, 0.1) is 5.52 Å².